The molecule has 106 valence electrons. The summed E-state index contributed by atoms with van der Waals surface area (Å²) in [6.45, 7) is 0.356. The van der Waals surface area contributed by atoms with E-state index in [4.69, 9.17) is 4.52 Å². The van der Waals surface area contributed by atoms with Gasteiger partial charge in [-0.15, -0.1) is 0 Å². The minimum atomic E-state index is -0.292. The fourth-order valence-corrected chi connectivity index (χ4v) is 2.08. The number of nitrogens with one attached hydrogen (secondary N) is 1. The van der Waals surface area contributed by atoms with Gasteiger partial charge in [-0.3, -0.25) is 4.79 Å². The van der Waals surface area contributed by atoms with Crippen molar-refractivity contribution in [3.05, 3.63) is 65.6 Å². The smallest absolute Gasteiger partial charge is 0.226 e. The molecule has 21 heavy (non-hydrogen) atoms. The van der Waals surface area contributed by atoms with Gasteiger partial charge in [0.05, 0.1) is 6.42 Å². The molecular weight excluding hydrogens is 271 g/mol. The molecule has 0 spiro atoms. The average Bonchev–Trinajstić information content (AvgIpc) is 2.90. The fraction of sp³-hybridized carbons (Fsp3) is 0.125. The van der Waals surface area contributed by atoms with Gasteiger partial charge in [-0.2, -0.15) is 0 Å². The maximum Gasteiger partial charge on any atom is 0.226 e. The maximum absolute atomic E-state index is 12.8. The Morgan fingerprint density at radius 3 is 2.71 bits per heavy atom. The van der Waals surface area contributed by atoms with Crippen molar-refractivity contribution in [1.29, 1.82) is 0 Å². The molecule has 0 saturated heterocycles. The van der Waals surface area contributed by atoms with E-state index in [2.05, 4.69) is 10.5 Å². The first-order valence-electron chi connectivity index (χ1n) is 6.57. The van der Waals surface area contributed by atoms with Crippen molar-refractivity contribution in [3.8, 4) is 0 Å². The second-order valence-corrected chi connectivity index (χ2v) is 4.71. The Kier molecular flexibility index (Phi) is 3.64. The first-order chi connectivity index (χ1) is 10.2. The van der Waals surface area contributed by atoms with Crippen molar-refractivity contribution in [2.45, 2.75) is 13.0 Å². The number of benzene rings is 2. The van der Waals surface area contributed by atoms with Crippen LogP contribution in [0.15, 0.2) is 53.1 Å². The molecule has 1 amide bonds. The Labute approximate surface area is 120 Å². The van der Waals surface area contributed by atoms with Gasteiger partial charge < -0.3 is 9.84 Å². The van der Waals surface area contributed by atoms with Crippen LogP contribution in [-0.2, 0) is 17.8 Å². The van der Waals surface area contributed by atoms with Crippen molar-refractivity contribution in [2.75, 3.05) is 0 Å². The number of fused-ring (bicyclic) bond motifs is 1. The van der Waals surface area contributed by atoms with Crippen LogP contribution in [0.3, 0.4) is 0 Å². The molecule has 4 nitrogen and oxygen atoms in total. The van der Waals surface area contributed by atoms with E-state index in [9.17, 15) is 9.18 Å². The monoisotopic (exact) mass is 284 g/mol. The van der Waals surface area contributed by atoms with Gasteiger partial charge >= 0.3 is 0 Å². The standard InChI is InChI=1S/C16H13FN2O2/c17-12-7-5-11(6-8-12)10-18-16(20)9-14-13-3-1-2-4-15(13)21-19-14/h1-8H,9-10H2,(H,18,20). The summed E-state index contributed by atoms with van der Waals surface area (Å²) in [6.07, 6.45) is 0.151. The van der Waals surface area contributed by atoms with Crippen LogP contribution in [0.4, 0.5) is 4.39 Å². The number of aromatic nitrogens is 1. The fourth-order valence-electron chi connectivity index (χ4n) is 2.08. The number of rotatable bonds is 4. The van der Waals surface area contributed by atoms with Crippen LogP contribution in [0, 0.1) is 5.82 Å². The van der Waals surface area contributed by atoms with Gasteiger partial charge in [-0.05, 0) is 29.8 Å². The molecule has 0 aliphatic carbocycles. The normalized spacial score (nSPS) is 10.7. The molecule has 3 rings (SSSR count). The van der Waals surface area contributed by atoms with Crippen molar-refractivity contribution in [3.63, 3.8) is 0 Å². The zero-order valence-electron chi connectivity index (χ0n) is 11.2. The highest BCUT2D eigenvalue weighted by Crippen LogP contribution is 2.18. The molecule has 0 aliphatic heterocycles. The number of hydrogen-bond donors (Lipinski definition) is 1. The van der Waals surface area contributed by atoms with E-state index in [0.717, 1.165) is 10.9 Å². The van der Waals surface area contributed by atoms with E-state index >= 15 is 0 Å². The molecule has 1 aromatic heterocycles. The van der Waals surface area contributed by atoms with Crippen molar-refractivity contribution < 1.29 is 13.7 Å². The molecule has 0 bridgehead atoms. The van der Waals surface area contributed by atoms with E-state index in [1.165, 1.54) is 12.1 Å². The maximum atomic E-state index is 12.8. The molecule has 3 aromatic rings. The summed E-state index contributed by atoms with van der Waals surface area (Å²) in [5.74, 6) is -0.447. The van der Waals surface area contributed by atoms with Crippen molar-refractivity contribution in [2.24, 2.45) is 0 Å². The Hall–Kier alpha value is -2.69. The highest BCUT2D eigenvalue weighted by atomic mass is 19.1. The zero-order valence-corrected chi connectivity index (χ0v) is 11.2. The Bertz CT molecular complexity index is 765. The van der Waals surface area contributed by atoms with Crippen LogP contribution < -0.4 is 5.32 Å². The second-order valence-electron chi connectivity index (χ2n) is 4.71. The lowest BCUT2D eigenvalue weighted by atomic mass is 10.1. The molecule has 0 atom stereocenters. The zero-order chi connectivity index (χ0) is 14.7. The number of halogens is 1. The SMILES string of the molecule is O=C(Cc1noc2ccccc12)NCc1ccc(F)cc1. The summed E-state index contributed by atoms with van der Waals surface area (Å²) in [5, 5.41) is 7.54. The van der Waals surface area contributed by atoms with E-state index in [1.807, 2.05) is 24.3 Å². The highest BCUT2D eigenvalue weighted by molar-refractivity contribution is 5.86. The first-order valence-corrected chi connectivity index (χ1v) is 6.57. The predicted molar refractivity (Wildman–Crippen MR) is 76.0 cm³/mol. The first kappa shape index (κ1) is 13.3. The van der Waals surface area contributed by atoms with Crippen LogP contribution in [0.5, 0.6) is 0 Å². The molecule has 5 heteroatoms. The average molecular weight is 284 g/mol. The molecule has 0 unspecified atom stereocenters. The van der Waals surface area contributed by atoms with Gasteiger partial charge in [-0.1, -0.05) is 29.4 Å². The van der Waals surface area contributed by atoms with Crippen LogP contribution in [0.25, 0.3) is 11.0 Å². The summed E-state index contributed by atoms with van der Waals surface area (Å²) in [6, 6.07) is 13.4. The van der Waals surface area contributed by atoms with Gasteiger partial charge in [0.2, 0.25) is 5.91 Å². The van der Waals surface area contributed by atoms with Gasteiger partial charge in [0, 0.05) is 11.9 Å². The summed E-state index contributed by atoms with van der Waals surface area (Å²) < 4.78 is 17.9. The second kappa shape index (κ2) is 5.75. The van der Waals surface area contributed by atoms with Gasteiger partial charge in [-0.25, -0.2) is 4.39 Å². The van der Waals surface area contributed by atoms with Gasteiger partial charge in [0.25, 0.3) is 0 Å². The van der Waals surface area contributed by atoms with Crippen molar-refractivity contribution >= 4 is 16.9 Å². The summed E-state index contributed by atoms with van der Waals surface area (Å²) in [5.41, 5.74) is 2.12. The molecule has 2 aromatic carbocycles. The van der Waals surface area contributed by atoms with Crippen LogP contribution in [0.1, 0.15) is 11.3 Å². The Morgan fingerprint density at radius 1 is 1.14 bits per heavy atom. The van der Waals surface area contributed by atoms with E-state index in [1.54, 1.807) is 12.1 Å². The van der Waals surface area contributed by atoms with E-state index in [-0.39, 0.29) is 18.1 Å². The Balaban J connectivity index is 1.62. The number of hydrogen-bond acceptors (Lipinski definition) is 3. The molecular formula is C16H13FN2O2. The Morgan fingerprint density at radius 2 is 1.90 bits per heavy atom. The van der Waals surface area contributed by atoms with Crippen LogP contribution >= 0.6 is 0 Å². The summed E-state index contributed by atoms with van der Waals surface area (Å²) in [7, 11) is 0. The van der Waals surface area contributed by atoms with E-state index in [0.29, 0.717) is 17.8 Å². The number of nitrogens with zero attached hydrogens (tertiary/aromatic N) is 1. The molecule has 0 aliphatic rings. The minimum Gasteiger partial charge on any atom is -0.356 e. The third-order valence-electron chi connectivity index (χ3n) is 3.18. The topological polar surface area (TPSA) is 55.1 Å². The largest absolute Gasteiger partial charge is 0.356 e. The molecule has 0 fully saturated rings. The van der Waals surface area contributed by atoms with Gasteiger partial charge in [0.15, 0.2) is 5.58 Å². The number of amides is 1. The molecule has 0 saturated carbocycles. The molecule has 1 N–H and O–H groups in total. The van der Waals surface area contributed by atoms with Crippen LogP contribution in [-0.4, -0.2) is 11.1 Å². The van der Waals surface area contributed by atoms with Crippen LogP contribution in [0.2, 0.25) is 0 Å². The lowest BCUT2D eigenvalue weighted by molar-refractivity contribution is -0.120. The third kappa shape index (κ3) is 3.08. The number of carbonyl (C=O) groups is 1. The van der Waals surface area contributed by atoms with Gasteiger partial charge in [0.1, 0.15) is 11.5 Å². The molecule has 0 radical (unpaired) electrons. The summed E-state index contributed by atoms with van der Waals surface area (Å²) in [4.78, 5) is 11.9. The third-order valence-corrected chi connectivity index (χ3v) is 3.18. The van der Waals surface area contributed by atoms with Crippen molar-refractivity contribution in [1.82, 2.24) is 10.5 Å². The van der Waals surface area contributed by atoms with E-state index < -0.39 is 0 Å². The number of carbonyl (C=O) groups excluding carboxylic acids is 1. The quantitative estimate of drug-likeness (QED) is 0.801. The molecule has 1 heterocycles. The highest BCUT2D eigenvalue weighted by Gasteiger charge is 2.11. The predicted octanol–water partition coefficient (Wildman–Crippen LogP) is 2.83. The lowest BCUT2D eigenvalue weighted by Crippen LogP contribution is -2.24. The lowest BCUT2D eigenvalue weighted by Gasteiger charge is -2.04. The number of para-hydroxylation sites is 1. The minimum absolute atomic E-state index is 0.151. The summed E-state index contributed by atoms with van der Waals surface area (Å²) >= 11 is 0.